The van der Waals surface area contributed by atoms with E-state index in [1.54, 1.807) is 18.2 Å². The number of halogens is 2. The van der Waals surface area contributed by atoms with Crippen LogP contribution in [0, 0.1) is 12.7 Å². The predicted molar refractivity (Wildman–Crippen MR) is 148 cm³/mol. The molecular weight excluding hydrogens is 537 g/mol. The number of aromatic nitrogens is 4. The molecule has 0 amide bonds. The third kappa shape index (κ3) is 5.34. The molecule has 2 aliphatic heterocycles. The molecule has 11 heteroatoms. The summed E-state index contributed by atoms with van der Waals surface area (Å²) < 4.78 is 27.7. The highest BCUT2D eigenvalue weighted by Gasteiger charge is 2.27. The van der Waals surface area contributed by atoms with E-state index < -0.39 is 11.8 Å². The minimum absolute atomic E-state index is 0.0618. The normalized spacial score (nSPS) is 17.6. The molecule has 1 atom stereocenters. The minimum Gasteiger partial charge on any atom is -0.477 e. The van der Waals surface area contributed by atoms with Gasteiger partial charge in [0.2, 0.25) is 5.88 Å². The first-order valence-electron chi connectivity index (χ1n) is 13.2. The van der Waals surface area contributed by atoms with Crippen LogP contribution in [-0.2, 0) is 24.4 Å². The number of aromatic amines is 1. The lowest BCUT2D eigenvalue weighted by Gasteiger charge is -2.29. The third-order valence-corrected chi connectivity index (χ3v) is 7.75. The van der Waals surface area contributed by atoms with E-state index in [0.717, 1.165) is 55.1 Å². The fraction of sp³-hybridized carbons (Fsp3) is 0.345. The molecule has 4 aromatic rings. The van der Waals surface area contributed by atoms with Crippen LogP contribution in [0.15, 0.2) is 42.5 Å². The molecule has 1 aromatic carbocycles. The van der Waals surface area contributed by atoms with Gasteiger partial charge in [0.15, 0.2) is 5.65 Å². The first-order chi connectivity index (χ1) is 19.4. The number of hydrogen-bond acceptors (Lipinski definition) is 6. The first-order valence-corrected chi connectivity index (χ1v) is 13.6. The van der Waals surface area contributed by atoms with E-state index in [0.29, 0.717) is 40.8 Å². The van der Waals surface area contributed by atoms with Crippen LogP contribution in [0.3, 0.4) is 0 Å². The lowest BCUT2D eigenvalue weighted by molar-refractivity contribution is -0.0592. The Kier molecular flexibility index (Phi) is 7.31. The molecular formula is C29H29ClFN5O4. The summed E-state index contributed by atoms with van der Waals surface area (Å²) in [5.41, 5.74) is 4.66. The highest BCUT2D eigenvalue weighted by Crippen LogP contribution is 2.28. The molecule has 2 aliphatic rings. The van der Waals surface area contributed by atoms with Gasteiger partial charge in [0.1, 0.15) is 23.9 Å². The standard InChI is InChI=1S/C29H29ClFN5O4/c1-17-26(29(37)38)34-28-27(17)36(14-21-9-12-39-21)24(33-28)15-35-10-7-18(8-11-35)23-3-2-4-25(32-23)40-16-19-5-6-20(30)13-22(19)31/h2-7,13,21,34H,8-12,14-16H2,1H3,(H,37,38). The first kappa shape index (κ1) is 26.5. The highest BCUT2D eigenvalue weighted by atomic mass is 35.5. The van der Waals surface area contributed by atoms with Crippen molar-refractivity contribution in [2.24, 2.45) is 0 Å². The van der Waals surface area contributed by atoms with Gasteiger partial charge in [-0.3, -0.25) is 4.90 Å². The van der Waals surface area contributed by atoms with Crippen LogP contribution in [0.1, 0.15) is 46.0 Å². The molecule has 0 aliphatic carbocycles. The Labute approximate surface area is 235 Å². The van der Waals surface area contributed by atoms with Gasteiger partial charge in [0, 0.05) is 41.9 Å². The number of imidazole rings is 1. The number of hydrogen-bond donors (Lipinski definition) is 2. The summed E-state index contributed by atoms with van der Waals surface area (Å²) in [6.45, 7) is 5.44. The highest BCUT2D eigenvalue weighted by molar-refractivity contribution is 6.30. The second-order valence-corrected chi connectivity index (χ2v) is 10.6. The van der Waals surface area contributed by atoms with Crippen molar-refractivity contribution in [3.8, 4) is 5.88 Å². The zero-order chi connectivity index (χ0) is 27.8. The number of fused-ring (bicyclic) bond motifs is 1. The molecule has 6 rings (SSSR count). The van der Waals surface area contributed by atoms with Crippen molar-refractivity contribution in [1.29, 1.82) is 0 Å². The lowest BCUT2D eigenvalue weighted by atomic mass is 10.0. The molecule has 1 fully saturated rings. The van der Waals surface area contributed by atoms with Crippen molar-refractivity contribution in [3.63, 3.8) is 0 Å². The number of aromatic carboxylic acids is 1. The number of pyridine rings is 1. The van der Waals surface area contributed by atoms with Crippen molar-refractivity contribution in [2.45, 2.75) is 45.6 Å². The van der Waals surface area contributed by atoms with Crippen LogP contribution < -0.4 is 4.74 Å². The Bertz CT molecular complexity index is 1610. The Morgan fingerprint density at radius 1 is 1.30 bits per heavy atom. The van der Waals surface area contributed by atoms with Crippen molar-refractivity contribution >= 4 is 34.3 Å². The van der Waals surface area contributed by atoms with E-state index in [1.165, 1.54) is 6.07 Å². The van der Waals surface area contributed by atoms with Gasteiger partial charge in [-0.1, -0.05) is 29.8 Å². The Morgan fingerprint density at radius 3 is 2.85 bits per heavy atom. The fourth-order valence-corrected chi connectivity index (χ4v) is 5.37. The van der Waals surface area contributed by atoms with Crippen molar-refractivity contribution < 1.29 is 23.8 Å². The van der Waals surface area contributed by atoms with Gasteiger partial charge < -0.3 is 24.1 Å². The molecule has 5 heterocycles. The van der Waals surface area contributed by atoms with Crippen LogP contribution >= 0.6 is 11.6 Å². The number of benzene rings is 1. The fourth-order valence-electron chi connectivity index (χ4n) is 5.21. The summed E-state index contributed by atoms with van der Waals surface area (Å²) in [5, 5.41) is 9.89. The summed E-state index contributed by atoms with van der Waals surface area (Å²) >= 11 is 5.83. The summed E-state index contributed by atoms with van der Waals surface area (Å²) in [6.07, 6.45) is 4.06. The lowest BCUT2D eigenvalue weighted by Crippen LogP contribution is -2.33. The molecule has 9 nitrogen and oxygen atoms in total. The topological polar surface area (TPSA) is 105 Å². The van der Waals surface area contributed by atoms with E-state index >= 15 is 0 Å². The summed E-state index contributed by atoms with van der Waals surface area (Å²) in [5.74, 6) is -0.0790. The van der Waals surface area contributed by atoms with Crippen LogP contribution in [-0.4, -0.2) is 61.3 Å². The average molecular weight is 566 g/mol. The van der Waals surface area contributed by atoms with Crippen LogP contribution in [0.25, 0.3) is 16.7 Å². The zero-order valence-electron chi connectivity index (χ0n) is 22.0. The maximum absolute atomic E-state index is 14.1. The monoisotopic (exact) mass is 565 g/mol. The summed E-state index contributed by atoms with van der Waals surface area (Å²) in [6, 6.07) is 10.1. The molecule has 1 unspecified atom stereocenters. The smallest absolute Gasteiger partial charge is 0.352 e. The molecule has 0 radical (unpaired) electrons. The van der Waals surface area contributed by atoms with Gasteiger partial charge in [-0.05, 0) is 43.5 Å². The van der Waals surface area contributed by atoms with Gasteiger partial charge in [-0.15, -0.1) is 0 Å². The van der Waals surface area contributed by atoms with Gasteiger partial charge in [0.05, 0.1) is 30.4 Å². The second kappa shape index (κ2) is 11.0. The molecule has 40 heavy (non-hydrogen) atoms. The molecule has 0 spiro atoms. The number of H-pyrrole nitrogens is 1. The van der Waals surface area contributed by atoms with E-state index in [2.05, 4.69) is 25.5 Å². The maximum Gasteiger partial charge on any atom is 0.352 e. The quantitative estimate of drug-likeness (QED) is 0.287. The van der Waals surface area contributed by atoms with Gasteiger partial charge in [0.25, 0.3) is 0 Å². The van der Waals surface area contributed by atoms with E-state index in [4.69, 9.17) is 26.1 Å². The van der Waals surface area contributed by atoms with Crippen molar-refractivity contribution in [2.75, 3.05) is 19.7 Å². The number of carbonyl (C=O) groups is 1. The number of carboxylic acids is 1. The summed E-state index contributed by atoms with van der Waals surface area (Å²) in [4.78, 5) is 26.4. The van der Waals surface area contributed by atoms with Crippen molar-refractivity contribution in [1.82, 2.24) is 24.4 Å². The van der Waals surface area contributed by atoms with Gasteiger partial charge in [-0.2, -0.15) is 0 Å². The predicted octanol–water partition coefficient (Wildman–Crippen LogP) is 5.22. The Hall–Kier alpha value is -3.73. The SMILES string of the molecule is Cc1c(C(=O)O)[nH]c2nc(CN3CC=C(c4cccc(OCc5ccc(Cl)cc5F)n4)CC3)n(CC3CCO3)c12. The zero-order valence-corrected chi connectivity index (χ0v) is 22.7. The number of rotatable bonds is 9. The van der Waals surface area contributed by atoms with Crippen molar-refractivity contribution in [3.05, 3.63) is 81.7 Å². The molecule has 208 valence electrons. The van der Waals surface area contributed by atoms with Crippen LogP contribution in [0.2, 0.25) is 5.02 Å². The molecule has 0 bridgehead atoms. The summed E-state index contributed by atoms with van der Waals surface area (Å²) in [7, 11) is 0. The maximum atomic E-state index is 14.1. The van der Waals surface area contributed by atoms with E-state index in [-0.39, 0.29) is 18.4 Å². The van der Waals surface area contributed by atoms with E-state index in [9.17, 15) is 14.3 Å². The van der Waals surface area contributed by atoms with Gasteiger partial charge in [-0.25, -0.2) is 19.2 Å². The number of ether oxygens (including phenoxy) is 2. The number of carboxylic acid groups (broad SMARTS) is 1. The van der Waals surface area contributed by atoms with Gasteiger partial charge >= 0.3 is 5.97 Å². The Balaban J connectivity index is 1.15. The minimum atomic E-state index is -0.989. The average Bonchev–Trinajstić information content (AvgIpc) is 3.42. The Morgan fingerprint density at radius 2 is 2.15 bits per heavy atom. The number of aryl methyl sites for hydroxylation is 1. The van der Waals surface area contributed by atoms with E-state index in [1.807, 2.05) is 19.1 Å². The molecule has 2 N–H and O–H groups in total. The second-order valence-electron chi connectivity index (χ2n) is 10.1. The molecule has 1 saturated heterocycles. The molecule has 0 saturated carbocycles. The largest absolute Gasteiger partial charge is 0.477 e. The van der Waals surface area contributed by atoms with Crippen LogP contribution in [0.4, 0.5) is 4.39 Å². The number of nitrogens with zero attached hydrogens (tertiary/aromatic N) is 4. The third-order valence-electron chi connectivity index (χ3n) is 7.52. The van der Waals surface area contributed by atoms with Crippen LogP contribution in [0.5, 0.6) is 5.88 Å². The number of nitrogens with one attached hydrogen (secondary N) is 1. The molecule has 3 aromatic heterocycles.